The molecule has 0 atom stereocenters. The van der Waals surface area contributed by atoms with Crippen molar-refractivity contribution in [2.45, 2.75) is 9.79 Å². The molecule has 2 aromatic rings. The van der Waals surface area contributed by atoms with Crippen LogP contribution >= 0.6 is 11.6 Å². The predicted molar refractivity (Wildman–Crippen MR) is 92.5 cm³/mol. The molecule has 0 aliphatic rings. The van der Waals surface area contributed by atoms with Crippen LogP contribution in [0.4, 0.5) is 5.69 Å². The highest BCUT2D eigenvalue weighted by Crippen LogP contribution is 2.32. The standard InChI is InChI=1S/C14H13ClN2O6S2/c15-9-14(16)17-12-8-11(24(18,19)20)6-7-13(12)23-25(21,22)10-4-2-1-3-5-10/h1-8H,9H2,(H2,16,17)(H,18,19,20). The number of aliphatic imine (C=N–C) groups is 1. The number of nitrogens with zero attached hydrogens (tertiary/aromatic N) is 1. The molecule has 0 aliphatic heterocycles. The Hall–Kier alpha value is -2.14. The van der Waals surface area contributed by atoms with Crippen LogP contribution in [-0.2, 0) is 20.2 Å². The topological polar surface area (TPSA) is 136 Å². The molecule has 0 saturated carbocycles. The van der Waals surface area contributed by atoms with E-state index in [9.17, 15) is 16.8 Å². The van der Waals surface area contributed by atoms with Crippen LogP contribution in [0.5, 0.6) is 5.75 Å². The Bertz CT molecular complexity index is 1000. The highest BCUT2D eigenvalue weighted by Gasteiger charge is 2.20. The molecule has 0 aliphatic carbocycles. The maximum absolute atomic E-state index is 12.3. The van der Waals surface area contributed by atoms with Crippen molar-refractivity contribution in [3.63, 3.8) is 0 Å². The number of halogens is 1. The number of rotatable bonds is 6. The van der Waals surface area contributed by atoms with Crippen LogP contribution in [0.15, 0.2) is 63.3 Å². The zero-order chi connectivity index (χ0) is 18.7. The van der Waals surface area contributed by atoms with Gasteiger partial charge in [-0.3, -0.25) is 4.55 Å². The third-order valence-corrected chi connectivity index (χ3v) is 5.23. The van der Waals surface area contributed by atoms with Gasteiger partial charge in [-0.15, -0.1) is 11.6 Å². The lowest BCUT2D eigenvalue weighted by molar-refractivity contribution is 0.482. The molecular formula is C14H13ClN2O6S2. The van der Waals surface area contributed by atoms with Crippen molar-refractivity contribution < 1.29 is 25.6 Å². The van der Waals surface area contributed by atoms with E-state index in [4.69, 9.17) is 26.1 Å². The van der Waals surface area contributed by atoms with Gasteiger partial charge in [0.2, 0.25) is 0 Å². The lowest BCUT2D eigenvalue weighted by Gasteiger charge is -2.10. The van der Waals surface area contributed by atoms with Gasteiger partial charge < -0.3 is 9.92 Å². The zero-order valence-electron chi connectivity index (χ0n) is 12.5. The molecule has 11 heteroatoms. The molecule has 0 heterocycles. The molecule has 2 rings (SSSR count). The molecule has 0 radical (unpaired) electrons. The average Bonchev–Trinajstić information content (AvgIpc) is 2.56. The van der Waals surface area contributed by atoms with Gasteiger partial charge in [0.25, 0.3) is 10.1 Å². The van der Waals surface area contributed by atoms with Gasteiger partial charge in [-0.05, 0) is 30.3 Å². The van der Waals surface area contributed by atoms with Crippen molar-refractivity contribution >= 4 is 43.4 Å². The maximum Gasteiger partial charge on any atom is 0.339 e. The highest BCUT2D eigenvalue weighted by atomic mass is 35.5. The Balaban J connectivity index is 2.54. The van der Waals surface area contributed by atoms with E-state index in [2.05, 4.69) is 4.99 Å². The van der Waals surface area contributed by atoms with Crippen LogP contribution in [0, 0.1) is 0 Å². The Labute approximate surface area is 149 Å². The minimum absolute atomic E-state index is 0.101. The van der Waals surface area contributed by atoms with Crippen molar-refractivity contribution in [2.24, 2.45) is 10.7 Å². The van der Waals surface area contributed by atoms with Crippen LogP contribution in [0.2, 0.25) is 0 Å². The van der Waals surface area contributed by atoms with E-state index in [1.165, 1.54) is 24.3 Å². The molecule has 25 heavy (non-hydrogen) atoms. The van der Waals surface area contributed by atoms with Gasteiger partial charge in [0, 0.05) is 0 Å². The molecular weight excluding hydrogens is 392 g/mol. The third kappa shape index (κ3) is 4.92. The van der Waals surface area contributed by atoms with Crippen molar-refractivity contribution in [3.05, 3.63) is 48.5 Å². The number of hydrogen-bond donors (Lipinski definition) is 2. The first-order chi connectivity index (χ1) is 11.6. The van der Waals surface area contributed by atoms with Gasteiger partial charge >= 0.3 is 10.1 Å². The van der Waals surface area contributed by atoms with Crippen LogP contribution in [0.3, 0.4) is 0 Å². The molecule has 2 aromatic carbocycles. The van der Waals surface area contributed by atoms with Crippen LogP contribution in [0.1, 0.15) is 0 Å². The number of amidine groups is 1. The van der Waals surface area contributed by atoms with Crippen molar-refractivity contribution in [3.8, 4) is 5.75 Å². The van der Waals surface area contributed by atoms with Crippen molar-refractivity contribution in [1.29, 1.82) is 0 Å². The van der Waals surface area contributed by atoms with Gasteiger partial charge in [0.05, 0.1) is 10.8 Å². The Morgan fingerprint density at radius 1 is 1.08 bits per heavy atom. The van der Waals surface area contributed by atoms with Crippen LogP contribution in [-0.4, -0.2) is 33.1 Å². The summed E-state index contributed by atoms with van der Waals surface area (Å²) in [7, 11) is -8.71. The first kappa shape index (κ1) is 19.2. The Morgan fingerprint density at radius 2 is 1.72 bits per heavy atom. The van der Waals surface area contributed by atoms with Crippen molar-refractivity contribution in [1.82, 2.24) is 0 Å². The van der Waals surface area contributed by atoms with Crippen molar-refractivity contribution in [2.75, 3.05) is 5.88 Å². The van der Waals surface area contributed by atoms with E-state index in [-0.39, 0.29) is 28.0 Å². The molecule has 3 N–H and O–H groups in total. The summed E-state index contributed by atoms with van der Waals surface area (Å²) in [5.41, 5.74) is 5.29. The fraction of sp³-hybridized carbons (Fsp3) is 0.0714. The maximum atomic E-state index is 12.3. The van der Waals surface area contributed by atoms with E-state index in [0.717, 1.165) is 18.2 Å². The first-order valence-corrected chi connectivity index (χ1v) is 10.0. The SMILES string of the molecule is NC(CCl)=Nc1cc(S(=O)(=O)O)ccc1OS(=O)(=O)c1ccccc1. The van der Waals surface area contributed by atoms with E-state index in [0.29, 0.717) is 0 Å². The molecule has 0 fully saturated rings. The molecule has 0 saturated heterocycles. The predicted octanol–water partition coefficient (Wildman–Crippen LogP) is 1.93. The monoisotopic (exact) mass is 404 g/mol. The summed E-state index contributed by atoms with van der Waals surface area (Å²) in [5, 5.41) is 0. The van der Waals surface area contributed by atoms with Gasteiger partial charge in [-0.25, -0.2) is 4.99 Å². The van der Waals surface area contributed by atoms with E-state index in [1.807, 2.05) is 0 Å². The smallest absolute Gasteiger partial charge is 0.339 e. The number of nitrogens with two attached hydrogens (primary N) is 1. The largest absolute Gasteiger partial charge is 0.386 e. The quantitative estimate of drug-likeness (QED) is 0.247. The summed E-state index contributed by atoms with van der Waals surface area (Å²) >= 11 is 5.53. The van der Waals surface area contributed by atoms with Gasteiger partial charge in [-0.2, -0.15) is 16.8 Å². The summed E-state index contributed by atoms with van der Waals surface area (Å²) in [6.07, 6.45) is 0. The zero-order valence-corrected chi connectivity index (χ0v) is 14.9. The summed E-state index contributed by atoms with van der Waals surface area (Å²) in [6, 6.07) is 10.3. The number of benzene rings is 2. The lowest BCUT2D eigenvalue weighted by Crippen LogP contribution is -2.13. The number of alkyl halides is 1. The average molecular weight is 405 g/mol. The second kappa shape index (κ2) is 7.40. The van der Waals surface area contributed by atoms with Crippen LogP contribution < -0.4 is 9.92 Å². The summed E-state index contributed by atoms with van der Waals surface area (Å²) in [6.45, 7) is 0. The van der Waals surface area contributed by atoms with Gasteiger partial charge in [0.1, 0.15) is 16.4 Å². The minimum atomic E-state index is -4.53. The second-order valence-corrected chi connectivity index (χ2v) is 7.93. The van der Waals surface area contributed by atoms with Crippen LogP contribution in [0.25, 0.3) is 0 Å². The molecule has 0 bridgehead atoms. The lowest BCUT2D eigenvalue weighted by atomic mass is 10.3. The summed E-state index contributed by atoms with van der Waals surface area (Å²) in [5.74, 6) is -0.554. The summed E-state index contributed by atoms with van der Waals surface area (Å²) in [4.78, 5) is 3.22. The molecule has 0 spiro atoms. The third-order valence-electron chi connectivity index (χ3n) is 2.86. The molecule has 0 unspecified atom stereocenters. The first-order valence-electron chi connectivity index (χ1n) is 6.63. The Kier molecular flexibility index (Phi) is 5.68. The normalized spacial score (nSPS) is 12.8. The molecule has 8 nitrogen and oxygen atoms in total. The fourth-order valence-electron chi connectivity index (χ4n) is 1.75. The molecule has 0 aromatic heterocycles. The molecule has 134 valence electrons. The Morgan fingerprint density at radius 3 is 2.28 bits per heavy atom. The van der Waals surface area contributed by atoms with E-state index in [1.54, 1.807) is 6.07 Å². The molecule has 0 amide bonds. The van der Waals surface area contributed by atoms with Gasteiger partial charge in [-0.1, -0.05) is 18.2 Å². The highest BCUT2D eigenvalue weighted by molar-refractivity contribution is 7.87. The minimum Gasteiger partial charge on any atom is -0.386 e. The fourth-order valence-corrected chi connectivity index (χ4v) is 3.28. The van der Waals surface area contributed by atoms with E-state index >= 15 is 0 Å². The summed E-state index contributed by atoms with van der Waals surface area (Å²) < 4.78 is 61.2. The number of hydrogen-bond acceptors (Lipinski definition) is 6. The van der Waals surface area contributed by atoms with Gasteiger partial charge in [0.15, 0.2) is 5.75 Å². The van der Waals surface area contributed by atoms with E-state index < -0.39 is 25.1 Å². The second-order valence-electron chi connectivity index (χ2n) is 4.69.